The first-order valence-electron chi connectivity index (χ1n) is 9.73. The Kier molecular flexibility index (Phi) is 5.56. The minimum Gasteiger partial charge on any atom is -0.382 e. The largest absolute Gasteiger partial charge is 0.382 e. The molecule has 2 aliphatic rings. The summed E-state index contributed by atoms with van der Waals surface area (Å²) in [4.78, 5) is 4.27. The molecule has 154 valence electrons. The number of sulfonamides is 1. The van der Waals surface area contributed by atoms with Gasteiger partial charge in [-0.15, -0.1) is 0 Å². The predicted molar refractivity (Wildman–Crippen MR) is 115 cm³/mol. The van der Waals surface area contributed by atoms with E-state index in [4.69, 9.17) is 0 Å². The van der Waals surface area contributed by atoms with E-state index in [-0.39, 0.29) is 6.04 Å². The van der Waals surface area contributed by atoms with Gasteiger partial charge in [-0.25, -0.2) is 17.1 Å². The standard InChI is InChI=1S/C21H25FN4O2S/c1-29(27,28)26-8-5-18(6-9-26)25-21-11-17(10-15-4-7-23-14-20(15)21)16-2-3-19(12-22)24-13-16/h2-4,7,10-11,14,18,24-25H,5-6,8-9,12-13H2,1H3. The van der Waals surface area contributed by atoms with Gasteiger partial charge < -0.3 is 10.6 Å². The Balaban J connectivity index is 1.61. The van der Waals surface area contributed by atoms with Gasteiger partial charge in [-0.05, 0) is 53.6 Å². The molecule has 0 saturated carbocycles. The number of alkyl halides is 1. The fourth-order valence-electron chi connectivity index (χ4n) is 3.87. The molecule has 1 saturated heterocycles. The van der Waals surface area contributed by atoms with Crippen LogP contribution in [0.3, 0.4) is 0 Å². The Labute approximate surface area is 170 Å². The van der Waals surface area contributed by atoms with Gasteiger partial charge in [0.1, 0.15) is 6.67 Å². The SMILES string of the molecule is CS(=O)(=O)N1CCC(Nc2cc(C3=CC=C(CF)NC3)cc3ccncc23)CC1. The topological polar surface area (TPSA) is 74.3 Å². The summed E-state index contributed by atoms with van der Waals surface area (Å²) in [6.45, 7) is 1.14. The lowest BCUT2D eigenvalue weighted by molar-refractivity contribution is 0.332. The van der Waals surface area contributed by atoms with Crippen LogP contribution in [0, 0.1) is 0 Å². The van der Waals surface area contributed by atoms with Crippen molar-refractivity contribution in [2.45, 2.75) is 18.9 Å². The molecule has 0 bridgehead atoms. The molecule has 0 unspecified atom stereocenters. The van der Waals surface area contributed by atoms with Crippen LogP contribution in [0.1, 0.15) is 18.4 Å². The first kappa shape index (κ1) is 19.8. The summed E-state index contributed by atoms with van der Waals surface area (Å²) >= 11 is 0. The summed E-state index contributed by atoms with van der Waals surface area (Å²) < 4.78 is 37.9. The highest BCUT2D eigenvalue weighted by Crippen LogP contribution is 2.31. The van der Waals surface area contributed by atoms with E-state index in [2.05, 4.69) is 27.8 Å². The zero-order valence-corrected chi connectivity index (χ0v) is 17.2. The zero-order chi connectivity index (χ0) is 20.4. The molecule has 4 rings (SSSR count). The molecule has 2 N–H and O–H groups in total. The van der Waals surface area contributed by atoms with Crippen molar-refractivity contribution in [1.82, 2.24) is 14.6 Å². The second-order valence-corrected chi connectivity index (χ2v) is 9.55. The van der Waals surface area contributed by atoms with Gasteiger partial charge in [0.05, 0.1) is 6.26 Å². The average molecular weight is 417 g/mol. The van der Waals surface area contributed by atoms with Crippen molar-refractivity contribution in [2.24, 2.45) is 0 Å². The van der Waals surface area contributed by atoms with E-state index in [1.165, 1.54) is 10.6 Å². The number of hydrogen-bond acceptors (Lipinski definition) is 5. The minimum atomic E-state index is -3.14. The average Bonchev–Trinajstić information content (AvgIpc) is 2.73. The molecule has 1 aromatic heterocycles. The zero-order valence-electron chi connectivity index (χ0n) is 16.4. The molecule has 8 heteroatoms. The van der Waals surface area contributed by atoms with Gasteiger partial charge in [-0.2, -0.15) is 0 Å². The third kappa shape index (κ3) is 4.43. The third-order valence-electron chi connectivity index (χ3n) is 5.54. The second-order valence-electron chi connectivity index (χ2n) is 7.57. The number of halogens is 1. The van der Waals surface area contributed by atoms with Crippen LogP contribution >= 0.6 is 0 Å². The maximum Gasteiger partial charge on any atom is 0.211 e. The maximum absolute atomic E-state index is 12.8. The van der Waals surface area contributed by atoms with Crippen molar-refractivity contribution in [3.63, 3.8) is 0 Å². The molecule has 3 heterocycles. The van der Waals surface area contributed by atoms with Gasteiger partial charge in [0.2, 0.25) is 10.0 Å². The van der Waals surface area contributed by atoms with E-state index in [1.54, 1.807) is 12.3 Å². The highest BCUT2D eigenvalue weighted by atomic mass is 32.2. The number of fused-ring (bicyclic) bond motifs is 1. The van der Waals surface area contributed by atoms with Crippen LogP contribution < -0.4 is 10.6 Å². The summed E-state index contributed by atoms with van der Waals surface area (Å²) in [6.07, 6.45) is 10.1. The van der Waals surface area contributed by atoms with E-state index in [9.17, 15) is 12.8 Å². The maximum atomic E-state index is 12.8. The minimum absolute atomic E-state index is 0.197. The summed E-state index contributed by atoms with van der Waals surface area (Å²) in [5, 5.41) is 8.83. The number of piperidine rings is 1. The van der Waals surface area contributed by atoms with Gasteiger partial charge in [-0.1, -0.05) is 6.08 Å². The highest BCUT2D eigenvalue weighted by Gasteiger charge is 2.25. The smallest absolute Gasteiger partial charge is 0.211 e. The van der Waals surface area contributed by atoms with Crippen molar-refractivity contribution in [2.75, 3.05) is 37.9 Å². The summed E-state index contributed by atoms with van der Waals surface area (Å²) in [5.74, 6) is 0. The molecule has 2 aromatic rings. The van der Waals surface area contributed by atoms with E-state index >= 15 is 0 Å². The molecule has 0 aliphatic carbocycles. The van der Waals surface area contributed by atoms with E-state index < -0.39 is 16.7 Å². The normalized spacial score (nSPS) is 18.8. The van der Waals surface area contributed by atoms with Gasteiger partial charge in [0.15, 0.2) is 0 Å². The van der Waals surface area contributed by atoms with Gasteiger partial charge >= 0.3 is 0 Å². The lowest BCUT2D eigenvalue weighted by Gasteiger charge is -2.31. The molecule has 1 aromatic carbocycles. The lowest BCUT2D eigenvalue weighted by atomic mass is 9.98. The molecule has 1 fully saturated rings. The van der Waals surface area contributed by atoms with Crippen LogP contribution in [0.2, 0.25) is 0 Å². The molecule has 0 radical (unpaired) electrons. The van der Waals surface area contributed by atoms with Crippen LogP contribution in [0.4, 0.5) is 10.1 Å². The molecule has 6 nitrogen and oxygen atoms in total. The number of benzene rings is 1. The van der Waals surface area contributed by atoms with E-state index in [0.717, 1.165) is 40.4 Å². The quantitative estimate of drug-likeness (QED) is 0.784. The van der Waals surface area contributed by atoms with E-state index in [0.29, 0.717) is 25.3 Å². The summed E-state index contributed by atoms with van der Waals surface area (Å²) in [7, 11) is -3.14. The Morgan fingerprint density at radius 3 is 2.72 bits per heavy atom. The molecule has 0 amide bonds. The molecule has 2 aliphatic heterocycles. The molecule has 0 atom stereocenters. The number of nitrogens with zero attached hydrogens (tertiary/aromatic N) is 2. The number of anilines is 1. The van der Waals surface area contributed by atoms with Crippen molar-refractivity contribution in [1.29, 1.82) is 0 Å². The fourth-order valence-corrected chi connectivity index (χ4v) is 4.75. The van der Waals surface area contributed by atoms with Crippen LogP contribution in [0.25, 0.3) is 16.3 Å². The monoisotopic (exact) mass is 416 g/mol. The Bertz CT molecular complexity index is 1070. The number of hydrogen-bond donors (Lipinski definition) is 2. The lowest BCUT2D eigenvalue weighted by Crippen LogP contribution is -2.41. The van der Waals surface area contributed by atoms with Crippen LogP contribution in [-0.2, 0) is 10.0 Å². The number of pyridine rings is 1. The highest BCUT2D eigenvalue weighted by molar-refractivity contribution is 7.88. The van der Waals surface area contributed by atoms with Gasteiger partial charge in [0, 0.05) is 54.8 Å². The molecule has 29 heavy (non-hydrogen) atoms. The Hall–Kier alpha value is -2.45. The second kappa shape index (κ2) is 8.12. The summed E-state index contributed by atoms with van der Waals surface area (Å²) in [5.41, 5.74) is 3.75. The Morgan fingerprint density at radius 2 is 2.07 bits per heavy atom. The molecule has 0 spiro atoms. The van der Waals surface area contributed by atoms with Crippen molar-refractivity contribution >= 4 is 32.1 Å². The summed E-state index contributed by atoms with van der Waals surface area (Å²) in [6, 6.07) is 6.41. The Morgan fingerprint density at radius 1 is 1.28 bits per heavy atom. The third-order valence-corrected chi connectivity index (χ3v) is 6.85. The number of aromatic nitrogens is 1. The van der Waals surface area contributed by atoms with Crippen molar-refractivity contribution in [3.05, 3.63) is 54.0 Å². The van der Waals surface area contributed by atoms with Crippen molar-refractivity contribution in [3.8, 4) is 0 Å². The molecular weight excluding hydrogens is 391 g/mol. The van der Waals surface area contributed by atoms with Crippen LogP contribution in [-0.4, -0.2) is 56.3 Å². The first-order valence-corrected chi connectivity index (χ1v) is 11.6. The van der Waals surface area contributed by atoms with Gasteiger partial charge in [-0.3, -0.25) is 4.98 Å². The number of rotatable bonds is 5. The molecular formula is C21H25FN4O2S. The fraction of sp³-hybridized carbons (Fsp3) is 0.381. The predicted octanol–water partition coefficient (Wildman–Crippen LogP) is 2.91. The first-order chi connectivity index (χ1) is 13.9. The number of allylic oxidation sites excluding steroid dienone is 3. The number of dihydropyridines is 1. The number of nitrogens with one attached hydrogen (secondary N) is 2. The van der Waals surface area contributed by atoms with Crippen molar-refractivity contribution < 1.29 is 12.8 Å². The van der Waals surface area contributed by atoms with E-state index in [1.807, 2.05) is 18.3 Å². The van der Waals surface area contributed by atoms with Crippen LogP contribution in [0.15, 0.2) is 48.4 Å². The van der Waals surface area contributed by atoms with Gasteiger partial charge in [0.25, 0.3) is 0 Å². The van der Waals surface area contributed by atoms with Crippen LogP contribution in [0.5, 0.6) is 0 Å².